The van der Waals surface area contributed by atoms with Crippen LogP contribution in [0.15, 0.2) is 198 Å². The van der Waals surface area contributed by atoms with E-state index in [-0.39, 0.29) is 0 Å². The van der Waals surface area contributed by atoms with Crippen LogP contribution in [0.2, 0.25) is 0 Å². The van der Waals surface area contributed by atoms with Crippen LogP contribution < -0.4 is 0 Å². The summed E-state index contributed by atoms with van der Waals surface area (Å²) in [7, 11) is 0. The second-order valence-electron chi connectivity index (χ2n) is 14.4. The molecule has 11 aromatic rings. The van der Waals surface area contributed by atoms with Crippen molar-refractivity contribution in [2.24, 2.45) is 0 Å². The Bertz CT molecular complexity index is 3380. The molecule has 0 atom stereocenters. The minimum Gasteiger partial charge on any atom is -0.295 e. The summed E-state index contributed by atoms with van der Waals surface area (Å²) in [6.07, 6.45) is 0. The fourth-order valence-corrected chi connectivity index (χ4v) is 9.77. The van der Waals surface area contributed by atoms with Crippen molar-refractivity contribution in [2.75, 3.05) is 0 Å². The number of rotatable bonds is 5. The van der Waals surface area contributed by atoms with Crippen molar-refractivity contribution >= 4 is 55.4 Å². The quantitative estimate of drug-likeness (QED) is 0.176. The Labute approximate surface area is 332 Å². The Morgan fingerprint density at radius 2 is 1.02 bits per heavy atom. The lowest BCUT2D eigenvalue weighted by Crippen LogP contribution is -2.05. The molecule has 0 N–H and O–H groups in total. The molecule has 57 heavy (non-hydrogen) atoms. The molecule has 0 fully saturated rings. The molecule has 0 unspecified atom stereocenters. The van der Waals surface area contributed by atoms with Crippen molar-refractivity contribution in [3.8, 4) is 56.7 Å². The van der Waals surface area contributed by atoms with Gasteiger partial charge in [-0.2, -0.15) is 0 Å². The molecule has 0 saturated heterocycles. The second kappa shape index (κ2) is 12.6. The van der Waals surface area contributed by atoms with Crippen LogP contribution in [0.1, 0.15) is 0 Å². The molecule has 12 rings (SSSR count). The van der Waals surface area contributed by atoms with Gasteiger partial charge in [0.05, 0.1) is 16.7 Å². The molecule has 0 spiro atoms. The Hall–Kier alpha value is -7.28. The lowest BCUT2D eigenvalue weighted by molar-refractivity contribution is 1.03. The normalized spacial score (nSPS) is 12.1. The van der Waals surface area contributed by atoms with Crippen molar-refractivity contribution in [1.82, 2.24) is 24.1 Å². The van der Waals surface area contributed by atoms with Gasteiger partial charge in [-0.15, -0.1) is 0 Å². The van der Waals surface area contributed by atoms with Crippen LogP contribution in [-0.2, 0) is 0 Å². The highest BCUT2D eigenvalue weighted by molar-refractivity contribution is 7.99. The Morgan fingerprint density at radius 3 is 1.91 bits per heavy atom. The molecule has 4 heterocycles. The fourth-order valence-electron chi connectivity index (χ4n) is 8.68. The van der Waals surface area contributed by atoms with Gasteiger partial charge in [0, 0.05) is 48.3 Å². The maximum absolute atomic E-state index is 5.40. The van der Waals surface area contributed by atoms with Crippen molar-refractivity contribution in [3.05, 3.63) is 188 Å². The topological polar surface area (TPSA) is 48.5 Å². The summed E-state index contributed by atoms with van der Waals surface area (Å²) < 4.78 is 4.89. The molecule has 0 bridgehead atoms. The van der Waals surface area contributed by atoms with E-state index in [1.54, 1.807) is 0 Å². The molecule has 0 aliphatic carbocycles. The van der Waals surface area contributed by atoms with E-state index in [1.807, 2.05) is 17.8 Å². The average Bonchev–Trinajstić information content (AvgIpc) is 3.81. The van der Waals surface area contributed by atoms with E-state index in [4.69, 9.17) is 15.0 Å². The molecule has 1 aliphatic rings. The summed E-state index contributed by atoms with van der Waals surface area (Å²) in [6, 6.07) is 66.5. The Balaban J connectivity index is 1.20. The second-order valence-corrected chi connectivity index (χ2v) is 15.5. The van der Waals surface area contributed by atoms with Crippen molar-refractivity contribution in [1.29, 1.82) is 0 Å². The van der Waals surface area contributed by atoms with Crippen molar-refractivity contribution < 1.29 is 0 Å². The maximum Gasteiger partial charge on any atom is 0.164 e. The van der Waals surface area contributed by atoms with Gasteiger partial charge < -0.3 is 0 Å². The van der Waals surface area contributed by atoms with Gasteiger partial charge in [0.25, 0.3) is 0 Å². The zero-order chi connectivity index (χ0) is 37.5. The number of benzene rings is 8. The molecule has 8 aromatic carbocycles. The molecule has 266 valence electrons. The predicted octanol–water partition coefficient (Wildman–Crippen LogP) is 13.2. The van der Waals surface area contributed by atoms with Crippen LogP contribution in [0.3, 0.4) is 0 Å². The minimum absolute atomic E-state index is 0.629. The van der Waals surface area contributed by atoms with E-state index < -0.39 is 0 Å². The number of aromatic nitrogens is 5. The first-order valence-electron chi connectivity index (χ1n) is 19.1. The van der Waals surface area contributed by atoms with Gasteiger partial charge in [-0.25, -0.2) is 15.0 Å². The van der Waals surface area contributed by atoms with E-state index in [9.17, 15) is 0 Å². The minimum atomic E-state index is 0.629. The standard InChI is InChI=1S/C51H31N5S/c1-3-15-32(16-4-1)34-19-11-20-35(31-34)48-52-49(38-24-12-18-33-17-7-8-23-37(33)38)54-50(53-48)40-26-13-28-42-45(40)46-39-25-14-30-44-47(39)56(41-27-9-10-29-43(41)57-44)51(46)55(42)36-21-5-2-6-22-36/h1-31H. The number of hydrogen-bond donors (Lipinski definition) is 0. The first-order chi connectivity index (χ1) is 28.3. The summed E-state index contributed by atoms with van der Waals surface area (Å²) >= 11 is 1.84. The van der Waals surface area contributed by atoms with E-state index in [1.165, 1.54) is 31.8 Å². The summed E-state index contributed by atoms with van der Waals surface area (Å²) in [5.74, 6) is 1.90. The molecule has 0 radical (unpaired) electrons. The largest absolute Gasteiger partial charge is 0.295 e. The highest BCUT2D eigenvalue weighted by Gasteiger charge is 2.29. The maximum atomic E-state index is 5.40. The van der Waals surface area contributed by atoms with Crippen molar-refractivity contribution in [3.63, 3.8) is 0 Å². The Morgan fingerprint density at radius 1 is 0.404 bits per heavy atom. The van der Waals surface area contributed by atoms with Crippen LogP contribution in [0.4, 0.5) is 0 Å². The van der Waals surface area contributed by atoms with Gasteiger partial charge in [0.15, 0.2) is 17.5 Å². The van der Waals surface area contributed by atoms with Gasteiger partial charge in [-0.1, -0.05) is 157 Å². The zero-order valence-electron chi connectivity index (χ0n) is 30.5. The molecule has 3 aromatic heterocycles. The van der Waals surface area contributed by atoms with Gasteiger partial charge >= 0.3 is 0 Å². The van der Waals surface area contributed by atoms with Crippen LogP contribution in [0.25, 0.3) is 100 Å². The third-order valence-electron chi connectivity index (χ3n) is 11.1. The van der Waals surface area contributed by atoms with E-state index >= 15 is 0 Å². The molecule has 1 aliphatic heterocycles. The van der Waals surface area contributed by atoms with Crippen molar-refractivity contribution in [2.45, 2.75) is 9.79 Å². The van der Waals surface area contributed by atoms with E-state index in [0.717, 1.165) is 60.8 Å². The molecule has 5 nitrogen and oxygen atoms in total. The lowest BCUT2D eigenvalue weighted by Gasteiger charge is -2.21. The first-order valence-corrected chi connectivity index (χ1v) is 19.9. The van der Waals surface area contributed by atoms with Crippen LogP contribution in [0.5, 0.6) is 0 Å². The number of nitrogens with zero attached hydrogens (tertiary/aromatic N) is 5. The Kier molecular flexibility index (Phi) is 7.09. The van der Waals surface area contributed by atoms with Gasteiger partial charge in [0.2, 0.25) is 0 Å². The smallest absolute Gasteiger partial charge is 0.164 e. The molecule has 0 amide bonds. The monoisotopic (exact) mass is 745 g/mol. The summed E-state index contributed by atoms with van der Waals surface area (Å²) in [5, 5.41) is 5.73. The van der Waals surface area contributed by atoms with Crippen LogP contribution >= 0.6 is 11.8 Å². The predicted molar refractivity (Wildman–Crippen MR) is 234 cm³/mol. The third-order valence-corrected chi connectivity index (χ3v) is 12.3. The summed E-state index contributed by atoms with van der Waals surface area (Å²) in [6.45, 7) is 0. The number of para-hydroxylation sites is 3. The molecule has 6 heteroatoms. The molecular formula is C51H31N5S. The summed E-state index contributed by atoms with van der Waals surface area (Å²) in [4.78, 5) is 18.5. The van der Waals surface area contributed by atoms with Gasteiger partial charge in [-0.3, -0.25) is 9.13 Å². The average molecular weight is 746 g/mol. The number of fused-ring (bicyclic) bond motifs is 8. The fraction of sp³-hybridized carbons (Fsp3) is 0. The van der Waals surface area contributed by atoms with Crippen LogP contribution in [-0.4, -0.2) is 24.1 Å². The molecule has 0 saturated carbocycles. The summed E-state index contributed by atoms with van der Waals surface area (Å²) in [5.41, 5.74) is 10.8. The van der Waals surface area contributed by atoms with E-state index in [2.05, 4.69) is 191 Å². The van der Waals surface area contributed by atoms with Gasteiger partial charge in [0.1, 0.15) is 5.65 Å². The highest BCUT2D eigenvalue weighted by Crippen LogP contribution is 2.50. The van der Waals surface area contributed by atoms with Gasteiger partial charge in [-0.05, 0) is 64.4 Å². The SMILES string of the molecule is c1ccc(-c2cccc(-c3nc(-c4cccc5ccccc45)nc(-c4cccc5c4c4c6cccc7c6n(c4n5-c4ccccc4)-c4ccccc4S7)n3)c2)cc1. The zero-order valence-corrected chi connectivity index (χ0v) is 31.4. The first kappa shape index (κ1) is 32.0. The number of hydrogen-bond acceptors (Lipinski definition) is 4. The lowest BCUT2D eigenvalue weighted by atomic mass is 10.0. The molecular weight excluding hydrogens is 715 g/mol. The highest BCUT2D eigenvalue weighted by atomic mass is 32.2. The van der Waals surface area contributed by atoms with E-state index in [0.29, 0.717) is 17.5 Å². The van der Waals surface area contributed by atoms with Crippen LogP contribution in [0, 0.1) is 0 Å². The third kappa shape index (κ3) is 4.94.